The van der Waals surface area contributed by atoms with Crippen LogP contribution in [-0.2, 0) is 14.4 Å². The molecule has 2 aliphatic heterocycles. The lowest BCUT2D eigenvalue weighted by Crippen LogP contribution is -2.58. The van der Waals surface area contributed by atoms with E-state index in [1.165, 1.54) is 0 Å². The van der Waals surface area contributed by atoms with Gasteiger partial charge in [-0.15, -0.1) is 0 Å². The Morgan fingerprint density at radius 3 is 2.68 bits per heavy atom. The second-order valence-corrected chi connectivity index (χ2v) is 5.36. The maximum Gasteiger partial charge on any atom is 0.246 e. The van der Waals surface area contributed by atoms with Crippen LogP contribution in [0.3, 0.4) is 0 Å². The maximum absolute atomic E-state index is 12.3. The Balaban J connectivity index is 2.01. The van der Waals surface area contributed by atoms with Gasteiger partial charge in [-0.3, -0.25) is 14.4 Å². The summed E-state index contributed by atoms with van der Waals surface area (Å²) in [4.78, 5) is 36.8. The molecule has 0 aromatic heterocycles. The molecule has 3 amide bonds. The predicted octanol–water partition coefficient (Wildman–Crippen LogP) is -0.0868. The smallest absolute Gasteiger partial charge is 0.246 e. The first kappa shape index (κ1) is 13.8. The van der Waals surface area contributed by atoms with Crippen LogP contribution in [-0.4, -0.2) is 41.2 Å². The van der Waals surface area contributed by atoms with Crippen molar-refractivity contribution in [2.75, 3.05) is 13.1 Å². The van der Waals surface area contributed by atoms with E-state index < -0.39 is 5.54 Å². The van der Waals surface area contributed by atoms with Crippen LogP contribution >= 0.6 is 0 Å². The monoisotopic (exact) mass is 267 g/mol. The molecule has 1 unspecified atom stereocenters. The minimum Gasteiger partial charge on any atom is -0.370 e. The summed E-state index contributed by atoms with van der Waals surface area (Å²) < 4.78 is 0. The van der Waals surface area contributed by atoms with E-state index in [1.807, 2.05) is 0 Å². The molecule has 1 spiro atoms. The summed E-state index contributed by atoms with van der Waals surface area (Å²) in [6.45, 7) is 1.28. The molecule has 2 aliphatic rings. The molecule has 2 heterocycles. The van der Waals surface area contributed by atoms with Gasteiger partial charge in [0.05, 0.1) is 0 Å². The Morgan fingerprint density at radius 2 is 2.05 bits per heavy atom. The molecule has 0 bridgehead atoms. The highest BCUT2D eigenvalue weighted by Crippen LogP contribution is 2.34. The lowest BCUT2D eigenvalue weighted by molar-refractivity contribution is -0.148. The van der Waals surface area contributed by atoms with Gasteiger partial charge in [0.15, 0.2) is 0 Å². The number of hydrogen-bond acceptors (Lipinski definition) is 3. The van der Waals surface area contributed by atoms with Gasteiger partial charge in [-0.25, -0.2) is 0 Å². The highest BCUT2D eigenvalue weighted by Gasteiger charge is 2.49. The van der Waals surface area contributed by atoms with Crippen LogP contribution in [0.4, 0.5) is 0 Å². The minimum absolute atomic E-state index is 0.0181. The highest BCUT2D eigenvalue weighted by molar-refractivity contribution is 5.93. The van der Waals surface area contributed by atoms with Crippen LogP contribution in [0.5, 0.6) is 0 Å². The molecule has 0 aromatic rings. The molecule has 19 heavy (non-hydrogen) atoms. The number of likely N-dealkylation sites (tertiary alicyclic amines) is 1. The SMILES string of the molecule is NC(=O)CCCC(=O)N1CCCCC12CCNC2=O. The van der Waals surface area contributed by atoms with E-state index in [0.717, 1.165) is 19.3 Å². The van der Waals surface area contributed by atoms with Crippen molar-refractivity contribution >= 4 is 17.7 Å². The number of nitrogens with zero attached hydrogens (tertiary/aromatic N) is 1. The summed E-state index contributed by atoms with van der Waals surface area (Å²) >= 11 is 0. The zero-order chi connectivity index (χ0) is 13.9. The van der Waals surface area contributed by atoms with Gasteiger partial charge >= 0.3 is 0 Å². The van der Waals surface area contributed by atoms with Crippen LogP contribution in [0.2, 0.25) is 0 Å². The second-order valence-electron chi connectivity index (χ2n) is 5.36. The Hall–Kier alpha value is -1.59. The highest BCUT2D eigenvalue weighted by atomic mass is 16.2. The number of piperidine rings is 1. The molecule has 6 nitrogen and oxygen atoms in total. The topological polar surface area (TPSA) is 92.5 Å². The third-order valence-electron chi connectivity index (χ3n) is 4.10. The largest absolute Gasteiger partial charge is 0.370 e. The van der Waals surface area contributed by atoms with Gasteiger partial charge in [0.2, 0.25) is 17.7 Å². The van der Waals surface area contributed by atoms with Crippen molar-refractivity contribution in [3.05, 3.63) is 0 Å². The van der Waals surface area contributed by atoms with Gasteiger partial charge in [-0.2, -0.15) is 0 Å². The molecule has 0 saturated carbocycles. The number of nitrogens with two attached hydrogens (primary N) is 1. The van der Waals surface area contributed by atoms with Crippen molar-refractivity contribution in [1.82, 2.24) is 10.2 Å². The zero-order valence-corrected chi connectivity index (χ0v) is 11.1. The molecule has 106 valence electrons. The fraction of sp³-hybridized carbons (Fsp3) is 0.769. The zero-order valence-electron chi connectivity index (χ0n) is 11.1. The summed E-state index contributed by atoms with van der Waals surface area (Å²) in [7, 11) is 0. The van der Waals surface area contributed by atoms with Gasteiger partial charge < -0.3 is 16.0 Å². The fourth-order valence-corrected chi connectivity index (χ4v) is 3.11. The Bertz CT molecular complexity index is 397. The molecule has 1 atom stereocenters. The molecular weight excluding hydrogens is 246 g/mol. The number of carbonyl (C=O) groups excluding carboxylic acids is 3. The van der Waals surface area contributed by atoms with Crippen LogP contribution < -0.4 is 11.1 Å². The molecule has 0 aliphatic carbocycles. The minimum atomic E-state index is -0.623. The standard InChI is InChI=1S/C13H21N3O3/c14-10(17)4-3-5-11(18)16-9-2-1-6-13(16)7-8-15-12(13)19/h1-9H2,(H2,14,17)(H,15,19). The van der Waals surface area contributed by atoms with Crippen LogP contribution in [0.1, 0.15) is 44.9 Å². The lowest BCUT2D eigenvalue weighted by Gasteiger charge is -2.42. The van der Waals surface area contributed by atoms with Crippen molar-refractivity contribution in [3.8, 4) is 0 Å². The molecule has 2 rings (SSSR count). The molecule has 3 N–H and O–H groups in total. The molecule has 6 heteroatoms. The Labute approximate surface area is 112 Å². The number of carbonyl (C=O) groups is 3. The number of nitrogens with one attached hydrogen (secondary N) is 1. The summed E-state index contributed by atoms with van der Waals surface area (Å²) in [5.74, 6) is -0.437. The molecule has 0 radical (unpaired) electrons. The first-order chi connectivity index (χ1) is 9.06. The van der Waals surface area contributed by atoms with Gasteiger partial charge in [0, 0.05) is 25.9 Å². The van der Waals surface area contributed by atoms with E-state index in [2.05, 4.69) is 5.32 Å². The first-order valence-electron chi connectivity index (χ1n) is 6.93. The molecule has 0 aromatic carbocycles. The maximum atomic E-state index is 12.3. The third kappa shape index (κ3) is 2.72. The van der Waals surface area contributed by atoms with Gasteiger partial charge in [0.25, 0.3) is 0 Å². The first-order valence-corrected chi connectivity index (χ1v) is 6.93. The molecule has 2 fully saturated rings. The average molecular weight is 267 g/mol. The van der Waals surface area contributed by atoms with E-state index in [9.17, 15) is 14.4 Å². The average Bonchev–Trinajstić information content (AvgIpc) is 2.71. The van der Waals surface area contributed by atoms with Gasteiger partial charge in [-0.05, 0) is 32.1 Å². The Morgan fingerprint density at radius 1 is 1.26 bits per heavy atom. The van der Waals surface area contributed by atoms with Crippen LogP contribution in [0.15, 0.2) is 0 Å². The number of primary amides is 1. The van der Waals surface area contributed by atoms with E-state index >= 15 is 0 Å². The van der Waals surface area contributed by atoms with Crippen molar-refractivity contribution in [2.45, 2.75) is 50.5 Å². The second kappa shape index (κ2) is 5.59. The van der Waals surface area contributed by atoms with Crippen LogP contribution in [0.25, 0.3) is 0 Å². The van der Waals surface area contributed by atoms with Crippen molar-refractivity contribution in [3.63, 3.8) is 0 Å². The predicted molar refractivity (Wildman–Crippen MR) is 69.0 cm³/mol. The van der Waals surface area contributed by atoms with Gasteiger partial charge in [-0.1, -0.05) is 0 Å². The van der Waals surface area contributed by atoms with Crippen molar-refractivity contribution in [1.29, 1.82) is 0 Å². The lowest BCUT2D eigenvalue weighted by atomic mass is 9.84. The van der Waals surface area contributed by atoms with E-state index in [1.54, 1.807) is 4.90 Å². The van der Waals surface area contributed by atoms with Gasteiger partial charge in [0.1, 0.15) is 5.54 Å². The summed E-state index contributed by atoms with van der Waals surface area (Å²) in [6, 6.07) is 0. The van der Waals surface area contributed by atoms with E-state index in [0.29, 0.717) is 25.9 Å². The van der Waals surface area contributed by atoms with Crippen LogP contribution in [0, 0.1) is 0 Å². The van der Waals surface area contributed by atoms with Crippen molar-refractivity contribution in [2.24, 2.45) is 5.73 Å². The summed E-state index contributed by atoms with van der Waals surface area (Å²) in [6.07, 6.45) is 4.35. The fourth-order valence-electron chi connectivity index (χ4n) is 3.11. The summed E-state index contributed by atoms with van der Waals surface area (Å²) in [5.41, 5.74) is 4.44. The number of hydrogen-bond donors (Lipinski definition) is 2. The molecular formula is C13H21N3O3. The van der Waals surface area contributed by atoms with Crippen molar-refractivity contribution < 1.29 is 14.4 Å². The number of rotatable bonds is 4. The third-order valence-corrected chi connectivity index (χ3v) is 4.10. The normalized spacial score (nSPS) is 26.5. The quantitative estimate of drug-likeness (QED) is 0.745. The van der Waals surface area contributed by atoms with E-state index in [4.69, 9.17) is 5.73 Å². The summed E-state index contributed by atoms with van der Waals surface area (Å²) in [5, 5.41) is 2.83. The Kier molecular flexibility index (Phi) is 4.07. The van der Waals surface area contributed by atoms with E-state index in [-0.39, 0.29) is 30.6 Å². The molecule has 2 saturated heterocycles. The number of amides is 3.